The van der Waals surface area contributed by atoms with Crippen LogP contribution in [0, 0.1) is 12.8 Å². The van der Waals surface area contributed by atoms with Gasteiger partial charge in [-0.3, -0.25) is 9.59 Å². The van der Waals surface area contributed by atoms with Gasteiger partial charge in [0.05, 0.1) is 18.6 Å². The molecule has 1 unspecified atom stereocenters. The lowest BCUT2D eigenvalue weighted by molar-refractivity contribution is -0.126. The number of hydrogen-bond donors (Lipinski definition) is 1. The van der Waals surface area contributed by atoms with E-state index in [-0.39, 0.29) is 23.8 Å². The highest BCUT2D eigenvalue weighted by molar-refractivity contribution is 5.97. The Balaban J connectivity index is 2.13. The zero-order valence-corrected chi connectivity index (χ0v) is 14.4. The molecular formula is C18H26N2O3. The molecule has 1 saturated heterocycles. The fourth-order valence-electron chi connectivity index (χ4n) is 2.94. The summed E-state index contributed by atoms with van der Waals surface area (Å²) in [6.07, 6.45) is 1.67. The SMILES string of the molecule is COc1ccc(C)cc1C(=O)N1CCCC(C(=O)NC(C)C)C1. The number of nitrogens with zero attached hydrogens (tertiary/aromatic N) is 1. The van der Waals surface area contributed by atoms with E-state index in [0.717, 1.165) is 18.4 Å². The lowest BCUT2D eigenvalue weighted by atomic mass is 9.96. The van der Waals surface area contributed by atoms with Gasteiger partial charge >= 0.3 is 0 Å². The van der Waals surface area contributed by atoms with Crippen molar-refractivity contribution in [2.45, 2.75) is 39.7 Å². The maximum absolute atomic E-state index is 12.8. The standard InChI is InChI=1S/C18H26N2O3/c1-12(2)19-17(21)14-6-5-9-20(11-14)18(22)15-10-13(3)7-8-16(15)23-4/h7-8,10,12,14H,5-6,9,11H2,1-4H3,(H,19,21). The number of amides is 2. The lowest BCUT2D eigenvalue weighted by Crippen LogP contribution is -2.46. The molecule has 0 aromatic heterocycles. The number of nitrogens with one attached hydrogen (secondary N) is 1. The Hall–Kier alpha value is -2.04. The summed E-state index contributed by atoms with van der Waals surface area (Å²) in [7, 11) is 1.57. The van der Waals surface area contributed by atoms with Crippen LogP contribution in [0.2, 0.25) is 0 Å². The van der Waals surface area contributed by atoms with Gasteiger partial charge in [-0.15, -0.1) is 0 Å². The molecular weight excluding hydrogens is 292 g/mol. The number of carbonyl (C=O) groups is 2. The van der Waals surface area contributed by atoms with Gasteiger partial charge in [-0.1, -0.05) is 11.6 Å². The Labute approximate surface area is 138 Å². The van der Waals surface area contributed by atoms with Crippen molar-refractivity contribution in [3.63, 3.8) is 0 Å². The zero-order chi connectivity index (χ0) is 17.0. The molecule has 23 heavy (non-hydrogen) atoms. The van der Waals surface area contributed by atoms with Gasteiger partial charge in [0, 0.05) is 19.1 Å². The van der Waals surface area contributed by atoms with E-state index >= 15 is 0 Å². The number of piperidine rings is 1. The molecule has 0 spiro atoms. The molecule has 1 aliphatic heterocycles. The maximum Gasteiger partial charge on any atom is 0.257 e. The maximum atomic E-state index is 12.8. The normalized spacial score (nSPS) is 18.0. The average Bonchev–Trinajstić information content (AvgIpc) is 2.53. The molecule has 1 N–H and O–H groups in total. The van der Waals surface area contributed by atoms with E-state index < -0.39 is 0 Å². The summed E-state index contributed by atoms with van der Waals surface area (Å²) in [5, 5.41) is 2.94. The number of methoxy groups -OCH3 is 1. The summed E-state index contributed by atoms with van der Waals surface area (Å²) in [4.78, 5) is 26.8. The molecule has 0 aliphatic carbocycles. The summed E-state index contributed by atoms with van der Waals surface area (Å²) < 4.78 is 5.31. The van der Waals surface area contributed by atoms with Gasteiger partial charge in [-0.05, 0) is 45.7 Å². The summed E-state index contributed by atoms with van der Waals surface area (Å²) >= 11 is 0. The van der Waals surface area contributed by atoms with Crippen molar-refractivity contribution in [3.05, 3.63) is 29.3 Å². The van der Waals surface area contributed by atoms with Crippen molar-refractivity contribution in [3.8, 4) is 5.75 Å². The first-order chi connectivity index (χ1) is 10.9. The van der Waals surface area contributed by atoms with Crippen molar-refractivity contribution in [1.29, 1.82) is 0 Å². The number of likely N-dealkylation sites (tertiary alicyclic amines) is 1. The van der Waals surface area contributed by atoms with E-state index in [1.165, 1.54) is 0 Å². The third-order valence-electron chi connectivity index (χ3n) is 4.10. The molecule has 0 bridgehead atoms. The van der Waals surface area contributed by atoms with E-state index in [0.29, 0.717) is 24.4 Å². The number of hydrogen-bond acceptors (Lipinski definition) is 3. The first-order valence-electron chi connectivity index (χ1n) is 8.16. The number of aryl methyl sites for hydroxylation is 1. The largest absolute Gasteiger partial charge is 0.496 e. The highest BCUT2D eigenvalue weighted by atomic mass is 16.5. The molecule has 1 atom stereocenters. The molecule has 1 aliphatic rings. The Morgan fingerprint density at radius 2 is 2.09 bits per heavy atom. The van der Waals surface area contributed by atoms with Gasteiger partial charge in [-0.25, -0.2) is 0 Å². The second-order valence-electron chi connectivity index (χ2n) is 6.46. The van der Waals surface area contributed by atoms with Gasteiger partial charge in [0.25, 0.3) is 5.91 Å². The number of ether oxygens (including phenoxy) is 1. The molecule has 2 amide bonds. The van der Waals surface area contributed by atoms with Crippen LogP contribution in [0.15, 0.2) is 18.2 Å². The Morgan fingerprint density at radius 3 is 2.74 bits per heavy atom. The fourth-order valence-corrected chi connectivity index (χ4v) is 2.94. The number of rotatable bonds is 4. The van der Waals surface area contributed by atoms with Gasteiger partial charge in [0.15, 0.2) is 0 Å². The zero-order valence-electron chi connectivity index (χ0n) is 14.4. The second kappa shape index (κ2) is 7.49. The van der Waals surface area contributed by atoms with E-state index in [1.54, 1.807) is 12.0 Å². The summed E-state index contributed by atoms with van der Waals surface area (Å²) in [5.41, 5.74) is 1.58. The molecule has 0 radical (unpaired) electrons. The van der Waals surface area contributed by atoms with E-state index in [1.807, 2.05) is 39.0 Å². The van der Waals surface area contributed by atoms with Crippen LogP contribution in [0.3, 0.4) is 0 Å². The monoisotopic (exact) mass is 318 g/mol. The Kier molecular flexibility index (Phi) is 5.64. The quantitative estimate of drug-likeness (QED) is 0.927. The van der Waals surface area contributed by atoms with Crippen LogP contribution in [0.1, 0.15) is 42.6 Å². The van der Waals surface area contributed by atoms with Crippen molar-refractivity contribution in [2.24, 2.45) is 5.92 Å². The first-order valence-corrected chi connectivity index (χ1v) is 8.16. The first kappa shape index (κ1) is 17.3. The highest BCUT2D eigenvalue weighted by Crippen LogP contribution is 2.24. The smallest absolute Gasteiger partial charge is 0.257 e. The van der Waals surface area contributed by atoms with Crippen molar-refractivity contribution in [2.75, 3.05) is 20.2 Å². The van der Waals surface area contributed by atoms with Gasteiger partial charge < -0.3 is 15.0 Å². The van der Waals surface area contributed by atoms with E-state index in [2.05, 4.69) is 5.32 Å². The highest BCUT2D eigenvalue weighted by Gasteiger charge is 2.30. The third kappa shape index (κ3) is 4.24. The van der Waals surface area contributed by atoms with Crippen LogP contribution in [-0.2, 0) is 4.79 Å². The van der Waals surface area contributed by atoms with Crippen LogP contribution in [0.4, 0.5) is 0 Å². The molecule has 1 aromatic rings. The van der Waals surface area contributed by atoms with E-state index in [4.69, 9.17) is 4.74 Å². The molecule has 126 valence electrons. The fraction of sp³-hybridized carbons (Fsp3) is 0.556. The van der Waals surface area contributed by atoms with Crippen LogP contribution >= 0.6 is 0 Å². The van der Waals surface area contributed by atoms with Crippen LogP contribution in [0.5, 0.6) is 5.75 Å². The topological polar surface area (TPSA) is 58.6 Å². The Morgan fingerprint density at radius 1 is 1.35 bits per heavy atom. The predicted octanol–water partition coefficient (Wildman–Crippen LogP) is 2.38. The minimum Gasteiger partial charge on any atom is -0.496 e. The Bertz CT molecular complexity index is 584. The molecule has 5 heteroatoms. The van der Waals surface area contributed by atoms with Crippen molar-refractivity contribution >= 4 is 11.8 Å². The molecule has 1 heterocycles. The number of carbonyl (C=O) groups excluding carboxylic acids is 2. The minimum absolute atomic E-state index is 0.0358. The molecule has 1 aromatic carbocycles. The summed E-state index contributed by atoms with van der Waals surface area (Å²) in [6, 6.07) is 5.70. The third-order valence-corrected chi connectivity index (χ3v) is 4.10. The summed E-state index contributed by atoms with van der Waals surface area (Å²) in [6.45, 7) is 6.99. The molecule has 0 saturated carbocycles. The average molecular weight is 318 g/mol. The van der Waals surface area contributed by atoms with Crippen LogP contribution in [-0.4, -0.2) is 43.0 Å². The summed E-state index contributed by atoms with van der Waals surface area (Å²) in [5.74, 6) is 0.418. The van der Waals surface area contributed by atoms with Crippen molar-refractivity contribution in [1.82, 2.24) is 10.2 Å². The van der Waals surface area contributed by atoms with Gasteiger partial charge in [0.1, 0.15) is 5.75 Å². The minimum atomic E-state index is -0.133. The number of benzene rings is 1. The second-order valence-corrected chi connectivity index (χ2v) is 6.46. The lowest BCUT2D eigenvalue weighted by Gasteiger charge is -2.32. The molecule has 5 nitrogen and oxygen atoms in total. The van der Waals surface area contributed by atoms with Gasteiger partial charge in [0.2, 0.25) is 5.91 Å². The molecule has 2 rings (SSSR count). The van der Waals surface area contributed by atoms with Crippen molar-refractivity contribution < 1.29 is 14.3 Å². The van der Waals surface area contributed by atoms with Gasteiger partial charge in [-0.2, -0.15) is 0 Å². The van der Waals surface area contributed by atoms with E-state index in [9.17, 15) is 9.59 Å². The van der Waals surface area contributed by atoms with Crippen LogP contribution in [0.25, 0.3) is 0 Å². The molecule has 1 fully saturated rings. The van der Waals surface area contributed by atoms with Crippen LogP contribution < -0.4 is 10.1 Å². The predicted molar refractivity (Wildman–Crippen MR) is 89.6 cm³/mol.